The van der Waals surface area contributed by atoms with Crippen LogP contribution in [0.1, 0.15) is 155 Å². The fourth-order valence-corrected chi connectivity index (χ4v) is 4.36. The lowest BCUT2D eigenvalue weighted by Gasteiger charge is -2.15. The van der Waals surface area contributed by atoms with Gasteiger partial charge >= 0.3 is 11.9 Å². The second kappa shape index (κ2) is 31.6. The van der Waals surface area contributed by atoms with E-state index in [9.17, 15) is 14.7 Å². The lowest BCUT2D eigenvalue weighted by Crippen LogP contribution is -2.28. The topological polar surface area (TPSA) is 72.8 Å². The number of hydrogen-bond acceptors (Lipinski definition) is 5. The zero-order chi connectivity index (χ0) is 29.4. The quantitative estimate of drug-likeness (QED) is 0.0558. The highest BCUT2D eigenvalue weighted by atomic mass is 16.6. The Balaban J connectivity index is 3.70. The molecule has 0 aromatic heterocycles. The van der Waals surface area contributed by atoms with Crippen LogP contribution < -0.4 is 0 Å². The number of aliphatic hydroxyl groups excluding tert-OH is 1. The average Bonchev–Trinajstić information content (AvgIpc) is 2.96. The Hall–Kier alpha value is -1.88. The average molecular weight is 563 g/mol. The molecule has 1 N–H and O–H groups in total. The van der Waals surface area contributed by atoms with Crippen molar-refractivity contribution in [3.63, 3.8) is 0 Å². The molecule has 40 heavy (non-hydrogen) atoms. The third-order valence-corrected chi connectivity index (χ3v) is 6.92. The van der Waals surface area contributed by atoms with E-state index in [0.717, 1.165) is 38.5 Å². The minimum absolute atomic E-state index is 0.102. The third-order valence-electron chi connectivity index (χ3n) is 6.92. The third kappa shape index (κ3) is 29.1. The molecule has 1 unspecified atom stereocenters. The van der Waals surface area contributed by atoms with E-state index in [-0.39, 0.29) is 31.6 Å². The summed E-state index contributed by atoms with van der Waals surface area (Å²) in [6, 6.07) is 0. The normalized spacial score (nSPS) is 12.6. The van der Waals surface area contributed by atoms with E-state index in [2.05, 4.69) is 44.2 Å². The Bertz CT molecular complexity index is 652. The van der Waals surface area contributed by atoms with Crippen molar-refractivity contribution in [3.8, 4) is 0 Å². The van der Waals surface area contributed by atoms with Gasteiger partial charge in [-0.25, -0.2) is 0 Å². The molecule has 5 nitrogen and oxygen atoms in total. The lowest BCUT2D eigenvalue weighted by atomic mass is 10.1. The lowest BCUT2D eigenvalue weighted by molar-refractivity contribution is -0.161. The Morgan fingerprint density at radius 1 is 0.575 bits per heavy atom. The zero-order valence-electron chi connectivity index (χ0n) is 26.1. The predicted octanol–water partition coefficient (Wildman–Crippen LogP) is 9.72. The molecule has 0 aromatic rings. The van der Waals surface area contributed by atoms with Gasteiger partial charge in [0.15, 0.2) is 6.10 Å². The molecule has 232 valence electrons. The van der Waals surface area contributed by atoms with Crippen molar-refractivity contribution >= 4 is 11.9 Å². The van der Waals surface area contributed by atoms with Gasteiger partial charge in [-0.05, 0) is 57.8 Å². The molecular weight excluding hydrogens is 500 g/mol. The van der Waals surface area contributed by atoms with Crippen molar-refractivity contribution in [2.24, 2.45) is 0 Å². The molecule has 1 atom stereocenters. The van der Waals surface area contributed by atoms with Gasteiger partial charge in [0.25, 0.3) is 0 Å². The van der Waals surface area contributed by atoms with Crippen LogP contribution in [0, 0.1) is 0 Å². The van der Waals surface area contributed by atoms with E-state index >= 15 is 0 Å². The number of aliphatic hydroxyl groups is 1. The van der Waals surface area contributed by atoms with Gasteiger partial charge in [-0.15, -0.1) is 0 Å². The summed E-state index contributed by atoms with van der Waals surface area (Å²) in [4.78, 5) is 24.0. The van der Waals surface area contributed by atoms with E-state index in [0.29, 0.717) is 12.8 Å². The highest BCUT2D eigenvalue weighted by molar-refractivity contribution is 5.70. The van der Waals surface area contributed by atoms with Crippen LogP contribution >= 0.6 is 0 Å². The minimum Gasteiger partial charge on any atom is -0.462 e. The number of allylic oxidation sites excluding steroid dienone is 6. The van der Waals surface area contributed by atoms with Crippen LogP contribution in [-0.4, -0.2) is 36.4 Å². The van der Waals surface area contributed by atoms with E-state index < -0.39 is 6.10 Å². The van der Waals surface area contributed by atoms with Gasteiger partial charge < -0.3 is 14.6 Å². The van der Waals surface area contributed by atoms with Gasteiger partial charge in [-0.1, -0.05) is 121 Å². The summed E-state index contributed by atoms with van der Waals surface area (Å²) in [5.41, 5.74) is 0. The molecule has 0 aliphatic rings. The second-order valence-corrected chi connectivity index (χ2v) is 10.9. The summed E-state index contributed by atoms with van der Waals surface area (Å²) in [6.07, 6.45) is 36.4. The smallest absolute Gasteiger partial charge is 0.306 e. The number of esters is 2. The van der Waals surface area contributed by atoms with Crippen LogP contribution in [0.3, 0.4) is 0 Å². The first-order chi connectivity index (χ1) is 19.6. The Kier molecular flexibility index (Phi) is 30.2. The summed E-state index contributed by atoms with van der Waals surface area (Å²) in [5.74, 6) is -0.691. The maximum Gasteiger partial charge on any atom is 0.306 e. The van der Waals surface area contributed by atoms with Crippen LogP contribution in [0.5, 0.6) is 0 Å². The highest BCUT2D eigenvalue weighted by Gasteiger charge is 2.15. The first-order valence-corrected chi connectivity index (χ1v) is 16.5. The van der Waals surface area contributed by atoms with Crippen molar-refractivity contribution in [1.82, 2.24) is 0 Å². The van der Waals surface area contributed by atoms with Crippen molar-refractivity contribution in [3.05, 3.63) is 36.5 Å². The summed E-state index contributed by atoms with van der Waals surface area (Å²) in [5, 5.41) is 9.48. The molecule has 0 saturated heterocycles. The number of carbonyl (C=O) groups is 2. The van der Waals surface area contributed by atoms with Crippen LogP contribution in [0.2, 0.25) is 0 Å². The van der Waals surface area contributed by atoms with Gasteiger partial charge in [0, 0.05) is 12.8 Å². The Labute approximate surface area is 246 Å². The van der Waals surface area contributed by atoms with Crippen molar-refractivity contribution < 1.29 is 24.2 Å². The SMILES string of the molecule is CCCCCCCC/C=C/C/C=C/CCC(=O)OCC(CO)OC(=O)CCCCC/C=C/CCCCCCCC. The molecule has 0 amide bonds. The molecule has 0 radical (unpaired) electrons. The van der Waals surface area contributed by atoms with Crippen LogP contribution in [0.25, 0.3) is 0 Å². The number of rotatable bonds is 29. The fraction of sp³-hybridized carbons (Fsp3) is 0.771. The summed E-state index contributed by atoms with van der Waals surface area (Å²) in [6.45, 7) is 4.03. The molecule has 0 aromatic carbocycles. The molecule has 0 bridgehead atoms. The van der Waals surface area contributed by atoms with Gasteiger partial charge in [-0.2, -0.15) is 0 Å². The summed E-state index contributed by atoms with van der Waals surface area (Å²) in [7, 11) is 0. The molecule has 0 spiro atoms. The molecule has 0 saturated carbocycles. The van der Waals surface area contributed by atoms with Crippen LogP contribution in [0.4, 0.5) is 0 Å². The standard InChI is InChI=1S/C35H62O5/c1-3-5-7-9-11-13-15-17-19-21-23-25-27-29-34(37)39-32-33(31-36)40-35(38)30-28-26-24-22-20-18-16-14-12-10-8-6-4-2/h17-20,23,25,33,36H,3-16,21-22,24,26-32H2,1-2H3/b19-17+,20-18+,25-23+. The molecular formula is C35H62O5. The number of carbonyl (C=O) groups excluding carboxylic acids is 2. The minimum atomic E-state index is -0.798. The summed E-state index contributed by atoms with van der Waals surface area (Å²) >= 11 is 0. The van der Waals surface area contributed by atoms with E-state index in [1.165, 1.54) is 83.5 Å². The first-order valence-electron chi connectivity index (χ1n) is 16.5. The molecule has 0 aliphatic carbocycles. The van der Waals surface area contributed by atoms with Crippen molar-refractivity contribution in [1.29, 1.82) is 0 Å². The predicted molar refractivity (Wildman–Crippen MR) is 168 cm³/mol. The number of hydrogen-bond donors (Lipinski definition) is 1. The maximum absolute atomic E-state index is 12.1. The van der Waals surface area contributed by atoms with Gasteiger partial charge in [0.2, 0.25) is 0 Å². The molecule has 0 fully saturated rings. The van der Waals surface area contributed by atoms with Crippen LogP contribution in [-0.2, 0) is 19.1 Å². The van der Waals surface area contributed by atoms with Gasteiger partial charge in [-0.3, -0.25) is 9.59 Å². The van der Waals surface area contributed by atoms with E-state index in [1.807, 2.05) is 6.08 Å². The van der Waals surface area contributed by atoms with E-state index in [1.54, 1.807) is 0 Å². The molecule has 0 rings (SSSR count). The molecule has 0 heterocycles. The summed E-state index contributed by atoms with van der Waals surface area (Å²) < 4.78 is 10.5. The Morgan fingerprint density at radius 2 is 1.05 bits per heavy atom. The largest absolute Gasteiger partial charge is 0.462 e. The highest BCUT2D eigenvalue weighted by Crippen LogP contribution is 2.10. The zero-order valence-corrected chi connectivity index (χ0v) is 26.1. The maximum atomic E-state index is 12.1. The van der Waals surface area contributed by atoms with E-state index in [4.69, 9.17) is 9.47 Å². The van der Waals surface area contributed by atoms with Gasteiger partial charge in [0.1, 0.15) is 6.61 Å². The second-order valence-electron chi connectivity index (χ2n) is 10.9. The first kappa shape index (κ1) is 38.1. The van der Waals surface area contributed by atoms with Gasteiger partial charge in [0.05, 0.1) is 6.61 Å². The van der Waals surface area contributed by atoms with Crippen LogP contribution in [0.15, 0.2) is 36.5 Å². The number of ether oxygens (including phenoxy) is 2. The number of unbranched alkanes of at least 4 members (excludes halogenated alkanes) is 15. The Morgan fingerprint density at radius 3 is 1.60 bits per heavy atom. The molecule has 5 heteroatoms. The molecule has 0 aliphatic heterocycles. The van der Waals surface area contributed by atoms with Crippen molar-refractivity contribution in [2.75, 3.05) is 13.2 Å². The van der Waals surface area contributed by atoms with Crippen molar-refractivity contribution in [2.45, 2.75) is 161 Å². The monoisotopic (exact) mass is 562 g/mol. The fourth-order valence-electron chi connectivity index (χ4n) is 4.36.